The molecule has 2 atom stereocenters. The van der Waals surface area contributed by atoms with E-state index in [1.165, 1.54) is 19.3 Å². The van der Waals surface area contributed by atoms with Gasteiger partial charge in [-0.1, -0.05) is 11.6 Å². The van der Waals surface area contributed by atoms with Crippen LogP contribution in [0.2, 0.25) is 0 Å². The highest BCUT2D eigenvalue weighted by Crippen LogP contribution is 2.42. The van der Waals surface area contributed by atoms with E-state index >= 15 is 0 Å². The molecule has 0 saturated heterocycles. The van der Waals surface area contributed by atoms with Crippen molar-refractivity contribution in [1.29, 1.82) is 0 Å². The highest BCUT2D eigenvalue weighted by atomic mass is 35.5. The number of aryl methyl sites for hydroxylation is 2. The van der Waals surface area contributed by atoms with Crippen LogP contribution in [0, 0.1) is 31.6 Å². The maximum atomic E-state index is 12.5. The van der Waals surface area contributed by atoms with Crippen molar-refractivity contribution >= 4 is 24.0 Å². The first kappa shape index (κ1) is 16.3. The van der Waals surface area contributed by atoms with Crippen molar-refractivity contribution in [2.45, 2.75) is 52.0 Å². The Balaban J connectivity index is 0.00000161. The highest BCUT2D eigenvalue weighted by molar-refractivity contribution is 5.93. The predicted molar refractivity (Wildman–Crippen MR) is 83.4 cm³/mol. The largest absolute Gasteiger partial charge is 0.359 e. The molecular weight excluding hydrogens is 290 g/mol. The lowest BCUT2D eigenvalue weighted by atomic mass is 9.65. The molecule has 0 spiro atoms. The van der Waals surface area contributed by atoms with Crippen LogP contribution in [0.25, 0.3) is 0 Å². The fourth-order valence-corrected chi connectivity index (χ4v) is 3.89. The number of nitrogens with two attached hydrogens (primary N) is 1. The molecule has 6 heteroatoms. The van der Waals surface area contributed by atoms with Gasteiger partial charge in [-0.05, 0) is 51.4 Å². The number of rotatable bonds is 2. The first-order valence-corrected chi connectivity index (χ1v) is 7.55. The second-order valence-electron chi connectivity index (χ2n) is 6.39. The molecule has 1 aromatic heterocycles. The molecule has 2 bridgehead atoms. The van der Waals surface area contributed by atoms with Crippen molar-refractivity contribution in [3.63, 3.8) is 0 Å². The zero-order chi connectivity index (χ0) is 14.3. The number of fused-ring (bicyclic) bond motifs is 2. The van der Waals surface area contributed by atoms with Crippen LogP contribution in [0.5, 0.6) is 0 Å². The third-order valence-corrected chi connectivity index (χ3v) is 5.07. The lowest BCUT2D eigenvalue weighted by Gasteiger charge is -2.43. The first-order chi connectivity index (χ1) is 9.56. The van der Waals surface area contributed by atoms with E-state index in [1.54, 1.807) is 0 Å². The zero-order valence-electron chi connectivity index (χ0n) is 12.6. The second-order valence-corrected chi connectivity index (χ2v) is 6.39. The summed E-state index contributed by atoms with van der Waals surface area (Å²) in [5.74, 6) is 1.89. The molecule has 0 radical (unpaired) electrons. The van der Waals surface area contributed by atoms with Gasteiger partial charge < -0.3 is 15.6 Å². The number of nitrogens with one attached hydrogen (secondary N) is 1. The number of hydrogen-bond acceptors (Lipinski definition) is 4. The van der Waals surface area contributed by atoms with Crippen LogP contribution in [0.4, 0.5) is 5.69 Å². The highest BCUT2D eigenvalue weighted by Gasteiger charge is 2.40. The van der Waals surface area contributed by atoms with Crippen LogP contribution in [0.3, 0.4) is 0 Å². The fraction of sp³-hybridized carbons (Fsp3) is 0.733. The molecule has 21 heavy (non-hydrogen) atoms. The van der Waals surface area contributed by atoms with Crippen LogP contribution in [-0.4, -0.2) is 17.1 Å². The van der Waals surface area contributed by atoms with Crippen LogP contribution in [-0.2, 0) is 4.79 Å². The van der Waals surface area contributed by atoms with E-state index < -0.39 is 0 Å². The molecule has 2 fully saturated rings. The van der Waals surface area contributed by atoms with Gasteiger partial charge >= 0.3 is 0 Å². The number of carbonyl (C=O) groups is 1. The van der Waals surface area contributed by atoms with Gasteiger partial charge in [0.15, 0.2) is 5.76 Å². The maximum Gasteiger partial charge on any atom is 0.227 e. The quantitative estimate of drug-likeness (QED) is 0.879. The number of nitrogens with zero attached hydrogens (tertiary/aromatic N) is 1. The maximum absolute atomic E-state index is 12.5. The van der Waals surface area contributed by atoms with Gasteiger partial charge in [-0.15, -0.1) is 12.4 Å². The molecule has 2 aliphatic rings. The summed E-state index contributed by atoms with van der Waals surface area (Å²) < 4.78 is 5.09. The van der Waals surface area contributed by atoms with Crippen LogP contribution in [0.1, 0.15) is 43.6 Å². The molecule has 2 saturated carbocycles. The van der Waals surface area contributed by atoms with Crippen molar-refractivity contribution in [1.82, 2.24) is 5.16 Å². The van der Waals surface area contributed by atoms with Gasteiger partial charge in [0.05, 0.1) is 0 Å². The Hall–Kier alpha value is -1.07. The number of anilines is 1. The van der Waals surface area contributed by atoms with E-state index in [9.17, 15) is 4.79 Å². The summed E-state index contributed by atoms with van der Waals surface area (Å²) in [6.07, 6.45) is 5.46. The Morgan fingerprint density at radius 2 is 1.90 bits per heavy atom. The SMILES string of the molecule is Cc1noc(C)c1NC(=O)C1CC2CCCC(C1)C2N.Cl. The molecule has 3 N–H and O–H groups in total. The topological polar surface area (TPSA) is 81.2 Å². The summed E-state index contributed by atoms with van der Waals surface area (Å²) >= 11 is 0. The van der Waals surface area contributed by atoms with Crippen LogP contribution < -0.4 is 11.1 Å². The van der Waals surface area contributed by atoms with Gasteiger partial charge in [-0.2, -0.15) is 0 Å². The molecule has 118 valence electrons. The number of amides is 1. The molecular formula is C15H24ClN3O2. The zero-order valence-corrected chi connectivity index (χ0v) is 13.4. The van der Waals surface area contributed by atoms with Crippen LogP contribution >= 0.6 is 12.4 Å². The molecule has 0 aliphatic heterocycles. The van der Waals surface area contributed by atoms with Gasteiger partial charge in [0.2, 0.25) is 5.91 Å². The Labute approximate surface area is 131 Å². The van der Waals surface area contributed by atoms with E-state index in [1.807, 2.05) is 13.8 Å². The number of carbonyl (C=O) groups excluding carboxylic acids is 1. The summed E-state index contributed by atoms with van der Waals surface area (Å²) in [5, 5.41) is 6.87. The van der Waals surface area contributed by atoms with Crippen molar-refractivity contribution in [2.24, 2.45) is 23.5 Å². The average molecular weight is 314 g/mol. The smallest absolute Gasteiger partial charge is 0.227 e. The Morgan fingerprint density at radius 1 is 1.29 bits per heavy atom. The average Bonchev–Trinajstić information content (AvgIpc) is 2.70. The van der Waals surface area contributed by atoms with E-state index in [0.717, 1.165) is 24.2 Å². The van der Waals surface area contributed by atoms with Gasteiger partial charge in [-0.3, -0.25) is 4.79 Å². The molecule has 2 aliphatic carbocycles. The summed E-state index contributed by atoms with van der Waals surface area (Å²) in [7, 11) is 0. The lowest BCUT2D eigenvalue weighted by molar-refractivity contribution is -0.122. The molecule has 0 aromatic carbocycles. The van der Waals surface area contributed by atoms with Crippen molar-refractivity contribution in [2.75, 3.05) is 5.32 Å². The summed E-state index contributed by atoms with van der Waals surface area (Å²) in [5.41, 5.74) is 7.75. The normalized spacial score (nSPS) is 31.4. The number of aromatic nitrogens is 1. The van der Waals surface area contributed by atoms with Crippen molar-refractivity contribution in [3.05, 3.63) is 11.5 Å². The van der Waals surface area contributed by atoms with Crippen LogP contribution in [0.15, 0.2) is 4.52 Å². The number of hydrogen-bond donors (Lipinski definition) is 2. The van der Waals surface area contributed by atoms with E-state index in [-0.39, 0.29) is 24.2 Å². The van der Waals surface area contributed by atoms with E-state index in [2.05, 4.69) is 10.5 Å². The fourth-order valence-electron chi connectivity index (χ4n) is 3.89. The third-order valence-electron chi connectivity index (χ3n) is 5.07. The minimum absolute atomic E-state index is 0. The Bertz CT molecular complexity index is 484. The van der Waals surface area contributed by atoms with Gasteiger partial charge in [-0.25, -0.2) is 0 Å². The summed E-state index contributed by atoms with van der Waals surface area (Å²) in [6.45, 7) is 3.67. The predicted octanol–water partition coefficient (Wildman–Crippen LogP) is 2.81. The van der Waals surface area contributed by atoms with E-state index in [0.29, 0.717) is 23.6 Å². The molecule has 3 rings (SSSR count). The molecule has 5 nitrogen and oxygen atoms in total. The van der Waals surface area contributed by atoms with Gasteiger partial charge in [0.1, 0.15) is 11.4 Å². The summed E-state index contributed by atoms with van der Waals surface area (Å²) in [4.78, 5) is 12.5. The van der Waals surface area contributed by atoms with Crippen molar-refractivity contribution < 1.29 is 9.32 Å². The third kappa shape index (κ3) is 3.09. The van der Waals surface area contributed by atoms with Gasteiger partial charge in [0, 0.05) is 12.0 Å². The molecule has 1 amide bonds. The number of halogens is 1. The second kappa shape index (κ2) is 6.36. The Morgan fingerprint density at radius 3 is 2.43 bits per heavy atom. The molecule has 2 unspecified atom stereocenters. The lowest BCUT2D eigenvalue weighted by Crippen LogP contribution is -2.48. The molecule has 1 heterocycles. The molecule has 1 aromatic rings. The minimum atomic E-state index is 0. The standard InChI is InChI=1S/C15H23N3O2.ClH/c1-8-14(9(2)20-18-8)17-15(19)12-6-10-4-3-5-11(7-12)13(10)16;/h10-13H,3-7,16H2,1-2H3,(H,17,19);1H. The minimum Gasteiger partial charge on any atom is -0.359 e. The van der Waals surface area contributed by atoms with Crippen molar-refractivity contribution in [3.8, 4) is 0 Å². The first-order valence-electron chi connectivity index (χ1n) is 7.55. The monoisotopic (exact) mass is 313 g/mol. The van der Waals surface area contributed by atoms with E-state index in [4.69, 9.17) is 10.3 Å². The Kier molecular flexibility index (Phi) is 4.94. The summed E-state index contributed by atoms with van der Waals surface area (Å²) in [6, 6.07) is 0.298. The van der Waals surface area contributed by atoms with Gasteiger partial charge in [0.25, 0.3) is 0 Å².